The van der Waals surface area contributed by atoms with E-state index < -0.39 is 0 Å². The Bertz CT molecular complexity index is 101. The van der Waals surface area contributed by atoms with Crippen LogP contribution in [-0.4, -0.2) is 12.5 Å². The maximum atomic E-state index is 10.4. The molecule has 0 bridgehead atoms. The van der Waals surface area contributed by atoms with Crippen molar-refractivity contribution in [3.05, 3.63) is 6.42 Å². The van der Waals surface area contributed by atoms with Crippen molar-refractivity contribution < 1.29 is 4.79 Å². The molecule has 0 aromatic rings. The summed E-state index contributed by atoms with van der Waals surface area (Å²) in [6, 6.07) is 0. The van der Waals surface area contributed by atoms with Gasteiger partial charge in [0.05, 0.1) is 0 Å². The Hall–Kier alpha value is -0.530. The van der Waals surface area contributed by atoms with E-state index in [1.165, 1.54) is 6.92 Å². The lowest BCUT2D eigenvalue weighted by Crippen LogP contribution is -2.22. The second-order valence-corrected chi connectivity index (χ2v) is 2.56. The maximum absolute atomic E-state index is 10.4. The number of nitrogens with one attached hydrogen (secondary N) is 1. The molecule has 0 heterocycles. The Morgan fingerprint density at radius 2 is 2.30 bits per heavy atom. The zero-order valence-corrected chi connectivity index (χ0v) is 6.98. The van der Waals surface area contributed by atoms with Crippen LogP contribution in [0.5, 0.6) is 0 Å². The molecule has 10 heavy (non-hydrogen) atoms. The van der Waals surface area contributed by atoms with E-state index in [0.29, 0.717) is 12.5 Å². The summed E-state index contributed by atoms with van der Waals surface area (Å²) in [7, 11) is 0. The zero-order chi connectivity index (χ0) is 7.98. The van der Waals surface area contributed by atoms with Crippen LogP contribution >= 0.6 is 0 Å². The van der Waals surface area contributed by atoms with Gasteiger partial charge in [-0.25, -0.2) is 0 Å². The predicted octanol–water partition coefficient (Wildman–Crippen LogP) is 1.37. The van der Waals surface area contributed by atoms with Gasteiger partial charge >= 0.3 is 0 Å². The van der Waals surface area contributed by atoms with Gasteiger partial charge in [-0.1, -0.05) is 20.3 Å². The first-order chi connectivity index (χ1) is 4.66. The standard InChI is InChI=1S/C8H16NO/c1-4-7(2)5-6-9-8(3)10/h5,7H,4,6H2,1-3H3,(H,9,10)/t7-/m1/s1. The fraction of sp³-hybridized carbons (Fsp3) is 0.750. The third-order valence-electron chi connectivity index (χ3n) is 1.52. The van der Waals surface area contributed by atoms with E-state index in [-0.39, 0.29) is 5.91 Å². The van der Waals surface area contributed by atoms with Crippen molar-refractivity contribution >= 4 is 5.91 Å². The SMILES string of the molecule is CC[C@@H](C)[CH]CNC(C)=O. The summed E-state index contributed by atoms with van der Waals surface area (Å²) in [5.41, 5.74) is 0. The van der Waals surface area contributed by atoms with E-state index in [9.17, 15) is 4.79 Å². The Morgan fingerprint density at radius 1 is 1.70 bits per heavy atom. The van der Waals surface area contributed by atoms with Crippen molar-refractivity contribution in [2.75, 3.05) is 6.54 Å². The molecule has 0 unspecified atom stereocenters. The van der Waals surface area contributed by atoms with Crippen LogP contribution in [0.1, 0.15) is 27.2 Å². The lowest BCUT2D eigenvalue weighted by atomic mass is 10.1. The van der Waals surface area contributed by atoms with E-state index in [0.717, 1.165) is 6.42 Å². The van der Waals surface area contributed by atoms with E-state index in [4.69, 9.17) is 0 Å². The molecule has 59 valence electrons. The minimum absolute atomic E-state index is 0.0413. The highest BCUT2D eigenvalue weighted by atomic mass is 16.1. The summed E-state index contributed by atoms with van der Waals surface area (Å²) in [5, 5.41) is 2.72. The summed E-state index contributed by atoms with van der Waals surface area (Å²) < 4.78 is 0. The highest BCUT2D eigenvalue weighted by Crippen LogP contribution is 2.02. The maximum Gasteiger partial charge on any atom is 0.216 e. The Balaban J connectivity index is 3.11. The summed E-state index contributed by atoms with van der Waals surface area (Å²) in [5.74, 6) is 0.645. The number of hydrogen-bond donors (Lipinski definition) is 1. The van der Waals surface area contributed by atoms with Crippen molar-refractivity contribution in [2.45, 2.75) is 27.2 Å². The van der Waals surface area contributed by atoms with Crippen LogP contribution in [0.4, 0.5) is 0 Å². The van der Waals surface area contributed by atoms with Crippen LogP contribution in [0.25, 0.3) is 0 Å². The van der Waals surface area contributed by atoms with Crippen LogP contribution in [0.2, 0.25) is 0 Å². The summed E-state index contributed by atoms with van der Waals surface area (Å²) in [6.45, 7) is 6.51. The molecule has 0 aliphatic rings. The monoisotopic (exact) mass is 142 g/mol. The number of hydrogen-bond acceptors (Lipinski definition) is 1. The lowest BCUT2D eigenvalue weighted by molar-refractivity contribution is -0.118. The largest absolute Gasteiger partial charge is 0.356 e. The van der Waals surface area contributed by atoms with Gasteiger partial charge in [-0.2, -0.15) is 0 Å². The van der Waals surface area contributed by atoms with Gasteiger partial charge in [0, 0.05) is 13.5 Å². The minimum Gasteiger partial charge on any atom is -0.356 e. The highest BCUT2D eigenvalue weighted by Gasteiger charge is 1.98. The number of rotatable bonds is 4. The normalized spacial score (nSPS) is 12.7. The van der Waals surface area contributed by atoms with Gasteiger partial charge in [0.25, 0.3) is 0 Å². The Morgan fingerprint density at radius 3 is 2.70 bits per heavy atom. The number of amides is 1. The first-order valence-electron chi connectivity index (χ1n) is 3.74. The Kier molecular flexibility index (Phi) is 4.99. The van der Waals surface area contributed by atoms with Crippen LogP contribution in [0.3, 0.4) is 0 Å². The lowest BCUT2D eigenvalue weighted by Gasteiger charge is -2.06. The van der Waals surface area contributed by atoms with Gasteiger partial charge in [-0.05, 0) is 12.3 Å². The molecule has 0 aliphatic carbocycles. The number of carbonyl (C=O) groups is 1. The molecule has 1 radical (unpaired) electrons. The highest BCUT2D eigenvalue weighted by molar-refractivity contribution is 5.72. The van der Waals surface area contributed by atoms with Crippen LogP contribution in [0, 0.1) is 12.3 Å². The fourth-order valence-electron chi connectivity index (χ4n) is 0.571. The van der Waals surface area contributed by atoms with Gasteiger partial charge < -0.3 is 5.32 Å². The Labute approximate surface area is 63.0 Å². The quantitative estimate of drug-likeness (QED) is 0.631. The third-order valence-corrected chi connectivity index (χ3v) is 1.52. The van der Waals surface area contributed by atoms with Crippen molar-refractivity contribution in [3.63, 3.8) is 0 Å². The van der Waals surface area contributed by atoms with Crippen molar-refractivity contribution in [3.8, 4) is 0 Å². The third kappa shape index (κ3) is 5.60. The van der Waals surface area contributed by atoms with Crippen molar-refractivity contribution in [2.24, 2.45) is 5.92 Å². The summed E-state index contributed by atoms with van der Waals surface area (Å²) in [6.07, 6.45) is 3.25. The molecule has 0 fully saturated rings. The minimum atomic E-state index is 0.0413. The average Bonchev–Trinajstić information content (AvgIpc) is 1.87. The second-order valence-electron chi connectivity index (χ2n) is 2.56. The van der Waals surface area contributed by atoms with E-state index in [1.807, 2.05) is 0 Å². The molecular formula is C8H16NO. The van der Waals surface area contributed by atoms with Crippen molar-refractivity contribution in [1.82, 2.24) is 5.32 Å². The van der Waals surface area contributed by atoms with Crippen LogP contribution in [0.15, 0.2) is 0 Å². The summed E-state index contributed by atoms with van der Waals surface area (Å²) in [4.78, 5) is 10.4. The first kappa shape index (κ1) is 9.47. The second kappa shape index (κ2) is 5.27. The van der Waals surface area contributed by atoms with Crippen LogP contribution < -0.4 is 5.32 Å². The van der Waals surface area contributed by atoms with Crippen LogP contribution in [-0.2, 0) is 4.79 Å². The van der Waals surface area contributed by atoms with Gasteiger partial charge in [0.1, 0.15) is 0 Å². The molecule has 0 saturated heterocycles. The van der Waals surface area contributed by atoms with Crippen molar-refractivity contribution in [1.29, 1.82) is 0 Å². The molecule has 0 rings (SSSR count). The summed E-state index contributed by atoms with van der Waals surface area (Å²) >= 11 is 0. The fourth-order valence-corrected chi connectivity index (χ4v) is 0.571. The molecule has 2 nitrogen and oxygen atoms in total. The molecule has 0 saturated carbocycles. The zero-order valence-electron chi connectivity index (χ0n) is 6.98. The molecule has 0 aliphatic heterocycles. The van der Waals surface area contributed by atoms with E-state index >= 15 is 0 Å². The molecule has 1 N–H and O–H groups in total. The molecule has 0 aromatic heterocycles. The van der Waals surface area contributed by atoms with Gasteiger partial charge in [0.2, 0.25) is 5.91 Å². The molecule has 1 amide bonds. The predicted molar refractivity (Wildman–Crippen MR) is 42.4 cm³/mol. The molecule has 0 aromatic carbocycles. The average molecular weight is 142 g/mol. The first-order valence-corrected chi connectivity index (χ1v) is 3.74. The van der Waals surface area contributed by atoms with Gasteiger partial charge in [-0.3, -0.25) is 4.79 Å². The van der Waals surface area contributed by atoms with E-state index in [1.54, 1.807) is 0 Å². The van der Waals surface area contributed by atoms with E-state index in [2.05, 4.69) is 25.6 Å². The molecular weight excluding hydrogens is 126 g/mol. The van der Waals surface area contributed by atoms with Gasteiger partial charge in [-0.15, -0.1) is 0 Å². The molecule has 2 heteroatoms. The molecule has 0 spiro atoms. The topological polar surface area (TPSA) is 29.1 Å². The van der Waals surface area contributed by atoms with Gasteiger partial charge in [0.15, 0.2) is 0 Å². The number of carbonyl (C=O) groups excluding carboxylic acids is 1. The molecule has 1 atom stereocenters. The smallest absolute Gasteiger partial charge is 0.216 e.